The molecule has 60 valence electrons. The van der Waals surface area contributed by atoms with Crippen molar-refractivity contribution in [2.24, 2.45) is 0 Å². The zero-order valence-electron chi connectivity index (χ0n) is 4.47. The fraction of sp³-hybridized carbons (Fsp3) is 0. The SMILES string of the molecule is C=C(Cl)Cl.FC(F)=C(F)F. The minimum atomic E-state index is -2.91. The van der Waals surface area contributed by atoms with Gasteiger partial charge in [0.25, 0.3) is 0 Å². The quantitative estimate of drug-likeness (QED) is 0.516. The fourth-order valence-electron chi connectivity index (χ4n) is 0. The van der Waals surface area contributed by atoms with Gasteiger partial charge in [-0.2, -0.15) is 17.6 Å². The first-order valence-corrected chi connectivity index (χ1v) is 2.49. The van der Waals surface area contributed by atoms with E-state index in [2.05, 4.69) is 6.58 Å². The van der Waals surface area contributed by atoms with Gasteiger partial charge < -0.3 is 0 Å². The first-order chi connectivity index (χ1) is 4.37. The van der Waals surface area contributed by atoms with Gasteiger partial charge in [0, 0.05) is 0 Å². The molecule has 0 spiro atoms. The molecule has 0 bridgehead atoms. The van der Waals surface area contributed by atoms with Gasteiger partial charge in [-0.1, -0.05) is 29.8 Å². The molecule has 0 unspecified atom stereocenters. The standard InChI is InChI=1S/C2H2Cl2.C2F4/c1-2(3)4;3-1(4)2(5)6/h1H2;. The largest absolute Gasteiger partial charge is 0.334 e. The highest BCUT2D eigenvalue weighted by Gasteiger charge is 1.98. The van der Waals surface area contributed by atoms with E-state index >= 15 is 0 Å². The van der Waals surface area contributed by atoms with Gasteiger partial charge in [-0.25, -0.2) is 0 Å². The first-order valence-electron chi connectivity index (χ1n) is 1.74. The molecule has 0 saturated heterocycles. The van der Waals surface area contributed by atoms with E-state index in [4.69, 9.17) is 23.2 Å². The molecule has 0 aromatic carbocycles. The second-order valence-corrected chi connectivity index (χ2v) is 1.97. The zero-order chi connectivity index (χ0) is 8.73. The van der Waals surface area contributed by atoms with Crippen molar-refractivity contribution in [2.45, 2.75) is 0 Å². The predicted molar refractivity (Wildman–Crippen MR) is 32.3 cm³/mol. The maximum absolute atomic E-state index is 10.3. The molecule has 0 N–H and O–H groups in total. The molecule has 0 saturated carbocycles. The van der Waals surface area contributed by atoms with E-state index in [0.29, 0.717) is 0 Å². The van der Waals surface area contributed by atoms with Crippen LogP contribution in [0.4, 0.5) is 17.6 Å². The first kappa shape index (κ1) is 12.5. The topological polar surface area (TPSA) is 0 Å². The van der Waals surface area contributed by atoms with E-state index in [1.165, 1.54) is 0 Å². The van der Waals surface area contributed by atoms with Crippen LogP contribution >= 0.6 is 23.2 Å². The lowest BCUT2D eigenvalue weighted by Gasteiger charge is -1.69. The fourth-order valence-corrected chi connectivity index (χ4v) is 0. The average molecular weight is 197 g/mol. The Hall–Kier alpha value is -0.220. The molecule has 0 atom stereocenters. The van der Waals surface area contributed by atoms with Crippen LogP contribution in [-0.4, -0.2) is 0 Å². The summed E-state index contributed by atoms with van der Waals surface area (Å²) in [5.74, 6) is 0. The highest BCUT2D eigenvalue weighted by atomic mass is 35.5. The van der Waals surface area contributed by atoms with E-state index in [1.54, 1.807) is 0 Å². The van der Waals surface area contributed by atoms with Crippen molar-refractivity contribution < 1.29 is 17.6 Å². The lowest BCUT2D eigenvalue weighted by Crippen LogP contribution is -1.56. The molecule has 0 radical (unpaired) electrons. The van der Waals surface area contributed by atoms with Crippen LogP contribution in [0.25, 0.3) is 0 Å². The van der Waals surface area contributed by atoms with Gasteiger partial charge in [0.2, 0.25) is 0 Å². The Bertz CT molecular complexity index is 120. The van der Waals surface area contributed by atoms with E-state index < -0.39 is 12.2 Å². The van der Waals surface area contributed by atoms with Gasteiger partial charge in [-0.3, -0.25) is 0 Å². The van der Waals surface area contributed by atoms with Crippen molar-refractivity contribution in [1.29, 1.82) is 0 Å². The summed E-state index contributed by atoms with van der Waals surface area (Å²) < 4.78 is 41.3. The Balaban J connectivity index is 0. The molecular weight excluding hydrogens is 195 g/mol. The molecule has 0 heterocycles. The van der Waals surface area contributed by atoms with Gasteiger partial charge in [-0.05, 0) is 0 Å². The molecule has 0 aliphatic rings. The summed E-state index contributed by atoms with van der Waals surface area (Å²) in [6.07, 6.45) is -5.81. The summed E-state index contributed by atoms with van der Waals surface area (Å²) in [7, 11) is 0. The van der Waals surface area contributed by atoms with E-state index in [-0.39, 0.29) is 4.49 Å². The smallest absolute Gasteiger partial charge is 0.167 e. The summed E-state index contributed by atoms with van der Waals surface area (Å²) in [5, 5.41) is 0. The number of halogens is 6. The lowest BCUT2D eigenvalue weighted by molar-refractivity contribution is 0.308. The molecule has 0 rings (SSSR count). The Morgan fingerprint density at radius 2 is 1.00 bits per heavy atom. The third-order valence-corrected chi connectivity index (χ3v) is 0.143. The molecule has 0 aromatic rings. The highest BCUT2D eigenvalue weighted by Crippen LogP contribution is 2.08. The van der Waals surface area contributed by atoms with E-state index in [0.717, 1.165) is 0 Å². The summed E-state index contributed by atoms with van der Waals surface area (Å²) in [6.45, 7) is 3.09. The van der Waals surface area contributed by atoms with Gasteiger partial charge in [-0.15, -0.1) is 0 Å². The Morgan fingerprint density at radius 3 is 1.00 bits per heavy atom. The van der Waals surface area contributed by atoms with Crippen LogP contribution in [0.15, 0.2) is 23.2 Å². The molecule has 0 aromatic heterocycles. The average Bonchev–Trinajstić information content (AvgIpc) is 1.63. The Labute approximate surface area is 64.7 Å². The maximum atomic E-state index is 10.3. The van der Waals surface area contributed by atoms with Crippen molar-refractivity contribution in [3.8, 4) is 0 Å². The molecule has 6 heteroatoms. The third-order valence-electron chi connectivity index (χ3n) is 0.143. The van der Waals surface area contributed by atoms with Crippen LogP contribution in [-0.2, 0) is 0 Å². The van der Waals surface area contributed by atoms with Gasteiger partial charge in [0.05, 0.1) is 4.49 Å². The minimum Gasteiger partial charge on any atom is -0.167 e. The van der Waals surface area contributed by atoms with E-state index in [9.17, 15) is 17.6 Å². The van der Waals surface area contributed by atoms with Crippen LogP contribution in [0.5, 0.6) is 0 Å². The summed E-state index contributed by atoms with van der Waals surface area (Å²) >= 11 is 9.69. The highest BCUT2D eigenvalue weighted by molar-refractivity contribution is 6.55. The molecule has 0 nitrogen and oxygen atoms in total. The van der Waals surface area contributed by atoms with E-state index in [1.807, 2.05) is 0 Å². The molecule has 0 aliphatic carbocycles. The number of hydrogen-bond donors (Lipinski definition) is 0. The minimum absolute atomic E-state index is 0.111. The molecule has 10 heavy (non-hydrogen) atoms. The second-order valence-electron chi connectivity index (χ2n) is 0.860. The van der Waals surface area contributed by atoms with Crippen molar-refractivity contribution in [2.75, 3.05) is 0 Å². The van der Waals surface area contributed by atoms with Gasteiger partial charge in [0.15, 0.2) is 0 Å². The van der Waals surface area contributed by atoms with Crippen molar-refractivity contribution in [1.82, 2.24) is 0 Å². The predicted octanol–water partition coefficient (Wildman–Crippen LogP) is 3.93. The summed E-state index contributed by atoms with van der Waals surface area (Å²) in [6, 6.07) is 0. The zero-order valence-corrected chi connectivity index (χ0v) is 5.99. The molecule has 0 fully saturated rings. The maximum Gasteiger partial charge on any atom is 0.334 e. The Morgan fingerprint density at radius 1 is 0.900 bits per heavy atom. The molecule has 0 aliphatic heterocycles. The summed E-state index contributed by atoms with van der Waals surface area (Å²) in [5.41, 5.74) is 0. The number of rotatable bonds is 0. The van der Waals surface area contributed by atoms with Crippen molar-refractivity contribution in [3.63, 3.8) is 0 Å². The van der Waals surface area contributed by atoms with Crippen molar-refractivity contribution in [3.05, 3.63) is 23.2 Å². The number of hydrogen-bond acceptors (Lipinski definition) is 0. The normalized spacial score (nSPS) is 7.40. The Kier molecular flexibility index (Phi) is 8.59. The second kappa shape index (κ2) is 6.89. The van der Waals surface area contributed by atoms with Crippen LogP contribution in [0.1, 0.15) is 0 Å². The van der Waals surface area contributed by atoms with Crippen LogP contribution in [0, 0.1) is 0 Å². The lowest BCUT2D eigenvalue weighted by atomic mass is 11.1. The molecule has 0 amide bonds. The molecular formula is C4H2Cl2F4. The van der Waals surface area contributed by atoms with Crippen LogP contribution in [0.2, 0.25) is 0 Å². The van der Waals surface area contributed by atoms with Gasteiger partial charge in [0.1, 0.15) is 0 Å². The monoisotopic (exact) mass is 196 g/mol. The van der Waals surface area contributed by atoms with Crippen LogP contribution in [0.3, 0.4) is 0 Å². The third kappa shape index (κ3) is 25.0. The summed E-state index contributed by atoms with van der Waals surface area (Å²) in [4.78, 5) is 0. The van der Waals surface area contributed by atoms with Gasteiger partial charge >= 0.3 is 12.2 Å². The van der Waals surface area contributed by atoms with Crippen molar-refractivity contribution >= 4 is 23.2 Å². The van der Waals surface area contributed by atoms with Crippen LogP contribution < -0.4 is 0 Å².